The van der Waals surface area contributed by atoms with Crippen molar-refractivity contribution in [3.8, 4) is 5.75 Å². The van der Waals surface area contributed by atoms with Crippen LogP contribution in [0.15, 0.2) is 22.7 Å². The van der Waals surface area contributed by atoms with E-state index in [1.807, 2.05) is 6.92 Å². The second kappa shape index (κ2) is 5.75. The Bertz CT molecular complexity index is 381. The molecule has 1 unspecified atom stereocenters. The lowest BCUT2D eigenvalue weighted by Gasteiger charge is -2.15. The predicted molar refractivity (Wildman–Crippen MR) is 65.5 cm³/mol. The minimum Gasteiger partial charge on any atom is -0.479 e. The number of carbonyl (C=O) groups is 1. The topological polar surface area (TPSA) is 72.5 Å². The first-order valence-electron chi connectivity index (χ1n) is 4.99. The van der Waals surface area contributed by atoms with Crippen molar-refractivity contribution in [1.29, 1.82) is 0 Å². The molecule has 0 heterocycles. The fraction of sp³-hybridized carbons (Fsp3) is 0.364. The first kappa shape index (κ1) is 12.8. The summed E-state index contributed by atoms with van der Waals surface area (Å²) in [6.07, 6.45) is 0.367. The van der Waals surface area contributed by atoms with E-state index in [2.05, 4.69) is 15.9 Å². The van der Waals surface area contributed by atoms with Crippen LogP contribution >= 0.6 is 15.9 Å². The van der Waals surface area contributed by atoms with Crippen molar-refractivity contribution in [2.75, 3.05) is 5.73 Å². The van der Waals surface area contributed by atoms with Crippen molar-refractivity contribution >= 4 is 27.6 Å². The molecule has 5 heteroatoms. The number of benzene rings is 1. The summed E-state index contributed by atoms with van der Waals surface area (Å²) in [5.74, 6) is -0.562. The highest BCUT2D eigenvalue weighted by atomic mass is 79.9. The third-order valence-corrected chi connectivity index (χ3v) is 2.56. The van der Waals surface area contributed by atoms with Gasteiger partial charge in [-0.15, -0.1) is 0 Å². The molecule has 0 aliphatic rings. The van der Waals surface area contributed by atoms with Gasteiger partial charge in [-0.2, -0.15) is 0 Å². The van der Waals surface area contributed by atoms with Gasteiger partial charge in [0.25, 0.3) is 0 Å². The summed E-state index contributed by atoms with van der Waals surface area (Å²) < 4.78 is 6.19. The van der Waals surface area contributed by atoms with Crippen LogP contribution in [0.4, 0.5) is 5.69 Å². The van der Waals surface area contributed by atoms with Crippen LogP contribution in [0.3, 0.4) is 0 Å². The molecule has 0 radical (unpaired) electrons. The third kappa shape index (κ3) is 3.41. The Morgan fingerprint density at radius 3 is 2.81 bits per heavy atom. The number of hydrogen-bond donors (Lipinski definition) is 2. The Morgan fingerprint density at radius 1 is 1.62 bits per heavy atom. The molecule has 16 heavy (non-hydrogen) atoms. The average molecular weight is 288 g/mol. The molecule has 3 N–H and O–H groups in total. The molecule has 0 aliphatic heterocycles. The van der Waals surface area contributed by atoms with Gasteiger partial charge in [0.1, 0.15) is 5.75 Å². The molecule has 1 rings (SSSR count). The summed E-state index contributed by atoms with van der Waals surface area (Å²) in [4.78, 5) is 10.9. The highest BCUT2D eigenvalue weighted by molar-refractivity contribution is 9.10. The van der Waals surface area contributed by atoms with Gasteiger partial charge in [-0.05, 0) is 24.6 Å². The van der Waals surface area contributed by atoms with Crippen LogP contribution in [0.1, 0.15) is 19.8 Å². The monoisotopic (exact) mass is 287 g/mol. The highest BCUT2D eigenvalue weighted by Crippen LogP contribution is 2.26. The van der Waals surface area contributed by atoms with Gasteiger partial charge in [0.2, 0.25) is 0 Å². The lowest BCUT2D eigenvalue weighted by molar-refractivity contribution is -0.145. The molecule has 0 aliphatic carbocycles. The van der Waals surface area contributed by atoms with Crippen LogP contribution in [-0.4, -0.2) is 17.2 Å². The summed E-state index contributed by atoms with van der Waals surface area (Å²) in [6.45, 7) is 1.91. The van der Waals surface area contributed by atoms with E-state index in [9.17, 15) is 4.79 Å². The normalized spacial score (nSPS) is 12.1. The van der Waals surface area contributed by atoms with Gasteiger partial charge in [0.15, 0.2) is 6.10 Å². The molecule has 1 atom stereocenters. The quantitative estimate of drug-likeness (QED) is 0.817. The Hall–Kier alpha value is -1.23. The van der Waals surface area contributed by atoms with Crippen molar-refractivity contribution < 1.29 is 14.6 Å². The van der Waals surface area contributed by atoms with Gasteiger partial charge in [0, 0.05) is 4.47 Å². The van der Waals surface area contributed by atoms with E-state index in [0.717, 1.165) is 10.9 Å². The first-order valence-corrected chi connectivity index (χ1v) is 5.78. The van der Waals surface area contributed by atoms with Gasteiger partial charge in [-0.3, -0.25) is 0 Å². The number of carboxylic acids is 1. The number of halogens is 1. The van der Waals surface area contributed by atoms with Gasteiger partial charge >= 0.3 is 5.97 Å². The molecular weight excluding hydrogens is 274 g/mol. The zero-order valence-corrected chi connectivity index (χ0v) is 10.5. The molecule has 0 spiro atoms. The maximum atomic E-state index is 10.9. The predicted octanol–water partition coefficient (Wildman–Crippen LogP) is 2.66. The molecule has 0 saturated heterocycles. The maximum Gasteiger partial charge on any atom is 0.344 e. The van der Waals surface area contributed by atoms with E-state index in [0.29, 0.717) is 17.9 Å². The van der Waals surface area contributed by atoms with Gasteiger partial charge in [0.05, 0.1) is 5.69 Å². The fourth-order valence-corrected chi connectivity index (χ4v) is 1.65. The summed E-state index contributed by atoms with van der Waals surface area (Å²) in [5.41, 5.74) is 6.15. The fourth-order valence-electron chi connectivity index (χ4n) is 1.27. The second-order valence-electron chi connectivity index (χ2n) is 3.42. The number of nitrogen functional groups attached to an aromatic ring is 1. The minimum atomic E-state index is -0.968. The Kier molecular flexibility index (Phi) is 4.61. The van der Waals surface area contributed by atoms with Gasteiger partial charge < -0.3 is 15.6 Å². The Labute approximate surface area is 103 Å². The standard InChI is InChI=1S/C11H14BrNO3/c1-2-3-10(11(14)15)16-9-5-4-7(12)6-8(9)13/h4-6,10H,2-3,13H2,1H3,(H,14,15). The van der Waals surface area contributed by atoms with Crippen LogP contribution < -0.4 is 10.5 Å². The van der Waals surface area contributed by atoms with E-state index in [1.54, 1.807) is 18.2 Å². The molecule has 0 amide bonds. The lowest BCUT2D eigenvalue weighted by atomic mass is 10.2. The van der Waals surface area contributed by atoms with E-state index in [-0.39, 0.29) is 0 Å². The molecule has 1 aromatic rings. The smallest absolute Gasteiger partial charge is 0.344 e. The van der Waals surface area contributed by atoms with E-state index < -0.39 is 12.1 Å². The highest BCUT2D eigenvalue weighted by Gasteiger charge is 2.19. The molecule has 4 nitrogen and oxygen atoms in total. The largest absolute Gasteiger partial charge is 0.479 e. The summed E-state index contributed by atoms with van der Waals surface area (Å²) in [5, 5.41) is 8.94. The van der Waals surface area contributed by atoms with Crippen LogP contribution in [0.25, 0.3) is 0 Å². The number of aliphatic carboxylic acids is 1. The maximum absolute atomic E-state index is 10.9. The van der Waals surface area contributed by atoms with Gasteiger partial charge in [-0.25, -0.2) is 4.79 Å². The van der Waals surface area contributed by atoms with Crippen molar-refractivity contribution in [3.63, 3.8) is 0 Å². The van der Waals surface area contributed by atoms with Crippen LogP contribution in [0.5, 0.6) is 5.75 Å². The Balaban J connectivity index is 2.81. The average Bonchev–Trinajstić information content (AvgIpc) is 2.20. The molecule has 0 fully saturated rings. The third-order valence-electron chi connectivity index (χ3n) is 2.07. The number of anilines is 1. The lowest BCUT2D eigenvalue weighted by Crippen LogP contribution is -2.27. The van der Waals surface area contributed by atoms with E-state index in [1.165, 1.54) is 0 Å². The van der Waals surface area contributed by atoms with E-state index in [4.69, 9.17) is 15.6 Å². The van der Waals surface area contributed by atoms with Crippen LogP contribution in [0, 0.1) is 0 Å². The number of nitrogens with two attached hydrogens (primary N) is 1. The van der Waals surface area contributed by atoms with Crippen molar-refractivity contribution in [2.24, 2.45) is 0 Å². The minimum absolute atomic E-state index is 0.407. The zero-order chi connectivity index (χ0) is 12.1. The number of ether oxygens (including phenoxy) is 1. The second-order valence-corrected chi connectivity index (χ2v) is 4.33. The number of hydrogen-bond acceptors (Lipinski definition) is 3. The van der Waals surface area contributed by atoms with E-state index >= 15 is 0 Å². The molecule has 0 bridgehead atoms. The number of carboxylic acid groups (broad SMARTS) is 1. The summed E-state index contributed by atoms with van der Waals surface area (Å²) >= 11 is 3.27. The van der Waals surface area contributed by atoms with Crippen LogP contribution in [0.2, 0.25) is 0 Å². The summed E-state index contributed by atoms with van der Waals surface area (Å²) in [7, 11) is 0. The molecule has 88 valence electrons. The SMILES string of the molecule is CCCC(Oc1ccc(Br)cc1N)C(=O)O. The van der Waals surface area contributed by atoms with Crippen LogP contribution in [-0.2, 0) is 4.79 Å². The number of rotatable bonds is 5. The molecular formula is C11H14BrNO3. The van der Waals surface area contributed by atoms with Crippen molar-refractivity contribution in [2.45, 2.75) is 25.9 Å². The van der Waals surface area contributed by atoms with Crippen molar-refractivity contribution in [1.82, 2.24) is 0 Å². The van der Waals surface area contributed by atoms with Crippen molar-refractivity contribution in [3.05, 3.63) is 22.7 Å². The first-order chi connectivity index (χ1) is 7.54. The van der Waals surface area contributed by atoms with Gasteiger partial charge in [-0.1, -0.05) is 29.3 Å². The molecule has 1 aromatic carbocycles. The zero-order valence-electron chi connectivity index (χ0n) is 8.94. The Morgan fingerprint density at radius 2 is 2.31 bits per heavy atom. The molecule has 0 saturated carbocycles. The summed E-state index contributed by atoms with van der Waals surface area (Å²) in [6, 6.07) is 5.10. The molecule has 0 aromatic heterocycles.